The molecule has 0 radical (unpaired) electrons. The van der Waals surface area contributed by atoms with Gasteiger partial charge in [0.05, 0.1) is 0 Å². The smallest absolute Gasteiger partial charge is 0.226 e. The zero-order valence-corrected chi connectivity index (χ0v) is 12.3. The van der Waals surface area contributed by atoms with Crippen LogP contribution in [0.1, 0.15) is 37.7 Å². The Morgan fingerprint density at radius 2 is 1.95 bits per heavy atom. The van der Waals surface area contributed by atoms with Crippen molar-refractivity contribution in [2.24, 2.45) is 5.92 Å². The topological polar surface area (TPSA) is 37.4 Å². The van der Waals surface area contributed by atoms with E-state index in [2.05, 4.69) is 18.2 Å². The van der Waals surface area contributed by atoms with Crippen LogP contribution in [-0.4, -0.2) is 29.7 Å². The molecule has 0 N–H and O–H groups in total. The molecule has 1 aromatic carbocycles. The van der Waals surface area contributed by atoms with Gasteiger partial charge < -0.3 is 4.90 Å². The highest BCUT2D eigenvalue weighted by Crippen LogP contribution is 2.27. The molecule has 0 spiro atoms. The normalized spacial score (nSPS) is 22.9. The molecule has 1 aliphatic carbocycles. The lowest BCUT2D eigenvalue weighted by atomic mass is 9.87. The summed E-state index contributed by atoms with van der Waals surface area (Å²) in [7, 11) is 0. The highest BCUT2D eigenvalue weighted by Gasteiger charge is 2.29. The number of rotatable bonds is 2. The SMILES string of the molecule is O=C1CCCC(C(=O)N2CC=C(c3ccccc3)CC2)C1. The minimum Gasteiger partial charge on any atom is -0.338 e. The fraction of sp³-hybridized carbons (Fsp3) is 0.444. The fourth-order valence-electron chi connectivity index (χ4n) is 3.28. The van der Waals surface area contributed by atoms with Crippen LogP contribution in [0.2, 0.25) is 0 Å². The van der Waals surface area contributed by atoms with Crippen LogP contribution in [0.25, 0.3) is 5.57 Å². The summed E-state index contributed by atoms with van der Waals surface area (Å²) in [5.41, 5.74) is 2.57. The highest BCUT2D eigenvalue weighted by atomic mass is 16.2. The second-order valence-electron chi connectivity index (χ2n) is 5.96. The summed E-state index contributed by atoms with van der Waals surface area (Å²) in [5.74, 6) is 0.349. The Bertz CT molecular complexity index is 562. The van der Waals surface area contributed by atoms with Crippen LogP contribution in [0, 0.1) is 5.92 Å². The molecule has 1 aliphatic heterocycles. The van der Waals surface area contributed by atoms with Gasteiger partial charge in [-0.05, 0) is 30.4 Å². The van der Waals surface area contributed by atoms with Gasteiger partial charge in [0.15, 0.2) is 0 Å². The van der Waals surface area contributed by atoms with E-state index < -0.39 is 0 Å². The van der Waals surface area contributed by atoms with Crippen molar-refractivity contribution in [1.29, 1.82) is 0 Å². The lowest BCUT2D eigenvalue weighted by molar-refractivity contribution is -0.139. The minimum absolute atomic E-state index is 0.0714. The summed E-state index contributed by atoms with van der Waals surface area (Å²) < 4.78 is 0. The van der Waals surface area contributed by atoms with Crippen molar-refractivity contribution >= 4 is 17.3 Å². The first-order valence-corrected chi connectivity index (χ1v) is 7.79. The Morgan fingerprint density at radius 1 is 1.14 bits per heavy atom. The highest BCUT2D eigenvalue weighted by molar-refractivity contribution is 5.88. The Balaban J connectivity index is 1.63. The molecule has 0 aromatic heterocycles. The number of benzene rings is 1. The van der Waals surface area contributed by atoms with Crippen molar-refractivity contribution in [3.05, 3.63) is 42.0 Å². The lowest BCUT2D eigenvalue weighted by Crippen LogP contribution is -2.40. The number of carbonyl (C=O) groups is 2. The molecule has 1 heterocycles. The van der Waals surface area contributed by atoms with Crippen molar-refractivity contribution in [1.82, 2.24) is 4.90 Å². The number of hydrogen-bond donors (Lipinski definition) is 0. The molecule has 1 fully saturated rings. The van der Waals surface area contributed by atoms with Crippen molar-refractivity contribution in [2.75, 3.05) is 13.1 Å². The van der Waals surface area contributed by atoms with E-state index in [1.54, 1.807) is 0 Å². The van der Waals surface area contributed by atoms with Gasteiger partial charge in [-0.25, -0.2) is 0 Å². The maximum absolute atomic E-state index is 12.5. The van der Waals surface area contributed by atoms with Crippen LogP contribution >= 0.6 is 0 Å². The number of Topliss-reactive ketones (excluding diaryl/α,β-unsaturated/α-hetero) is 1. The number of nitrogens with zero attached hydrogens (tertiary/aromatic N) is 1. The predicted molar refractivity (Wildman–Crippen MR) is 82.6 cm³/mol. The van der Waals surface area contributed by atoms with Gasteiger partial charge >= 0.3 is 0 Å². The van der Waals surface area contributed by atoms with E-state index in [0.717, 1.165) is 25.8 Å². The lowest BCUT2D eigenvalue weighted by Gasteiger charge is -2.31. The summed E-state index contributed by atoms with van der Waals surface area (Å²) in [6.45, 7) is 1.44. The summed E-state index contributed by atoms with van der Waals surface area (Å²) in [5, 5.41) is 0. The minimum atomic E-state index is -0.0714. The average molecular weight is 283 g/mol. The molecule has 1 saturated carbocycles. The maximum atomic E-state index is 12.5. The van der Waals surface area contributed by atoms with Crippen molar-refractivity contribution in [3.63, 3.8) is 0 Å². The van der Waals surface area contributed by atoms with E-state index in [-0.39, 0.29) is 17.6 Å². The van der Waals surface area contributed by atoms with Crippen molar-refractivity contribution in [2.45, 2.75) is 32.1 Å². The van der Waals surface area contributed by atoms with E-state index in [1.165, 1.54) is 11.1 Å². The third-order valence-corrected chi connectivity index (χ3v) is 4.50. The van der Waals surface area contributed by atoms with Crippen LogP contribution in [0.3, 0.4) is 0 Å². The Morgan fingerprint density at radius 3 is 2.62 bits per heavy atom. The maximum Gasteiger partial charge on any atom is 0.226 e. The molecule has 1 atom stereocenters. The third kappa shape index (κ3) is 3.23. The van der Waals surface area contributed by atoms with Crippen LogP contribution in [0.15, 0.2) is 36.4 Å². The first-order chi connectivity index (χ1) is 10.2. The van der Waals surface area contributed by atoms with E-state index in [9.17, 15) is 9.59 Å². The monoisotopic (exact) mass is 283 g/mol. The van der Waals surface area contributed by atoms with Gasteiger partial charge in [-0.15, -0.1) is 0 Å². The molecule has 0 bridgehead atoms. The molecular formula is C18H21NO2. The molecule has 0 saturated heterocycles. The Hall–Kier alpha value is -1.90. The van der Waals surface area contributed by atoms with Gasteiger partial charge in [0.2, 0.25) is 5.91 Å². The van der Waals surface area contributed by atoms with E-state index >= 15 is 0 Å². The van der Waals surface area contributed by atoms with E-state index in [1.807, 2.05) is 23.1 Å². The number of carbonyl (C=O) groups excluding carboxylic acids is 2. The molecule has 3 rings (SSSR count). The predicted octanol–water partition coefficient (Wildman–Crippen LogP) is 3.06. The van der Waals surface area contributed by atoms with Crippen LogP contribution in [-0.2, 0) is 9.59 Å². The van der Waals surface area contributed by atoms with Crippen molar-refractivity contribution in [3.8, 4) is 0 Å². The average Bonchev–Trinajstić information content (AvgIpc) is 2.55. The zero-order chi connectivity index (χ0) is 14.7. The molecule has 1 amide bonds. The molecule has 3 heteroatoms. The molecule has 21 heavy (non-hydrogen) atoms. The van der Waals surface area contributed by atoms with E-state index in [0.29, 0.717) is 19.4 Å². The number of amides is 1. The summed E-state index contributed by atoms with van der Waals surface area (Å²) in [6.07, 6.45) is 5.90. The number of hydrogen-bond acceptors (Lipinski definition) is 2. The van der Waals surface area contributed by atoms with Gasteiger partial charge in [0, 0.05) is 31.8 Å². The Labute approximate surface area is 125 Å². The molecule has 2 aliphatic rings. The molecule has 1 unspecified atom stereocenters. The van der Waals surface area contributed by atoms with Crippen LogP contribution < -0.4 is 0 Å². The molecule has 110 valence electrons. The van der Waals surface area contributed by atoms with Crippen LogP contribution in [0.4, 0.5) is 0 Å². The fourth-order valence-corrected chi connectivity index (χ4v) is 3.28. The largest absolute Gasteiger partial charge is 0.338 e. The Kier molecular flexibility index (Phi) is 4.18. The second-order valence-corrected chi connectivity index (χ2v) is 5.96. The quantitative estimate of drug-likeness (QED) is 0.836. The zero-order valence-electron chi connectivity index (χ0n) is 12.3. The number of ketones is 1. The van der Waals surface area contributed by atoms with Gasteiger partial charge in [0.25, 0.3) is 0 Å². The van der Waals surface area contributed by atoms with Gasteiger partial charge in [-0.3, -0.25) is 9.59 Å². The standard InChI is InChI=1S/C18H21NO2/c20-17-8-4-7-16(13-17)18(21)19-11-9-15(10-12-19)14-5-2-1-3-6-14/h1-3,5-6,9,16H,4,7-8,10-13H2. The summed E-state index contributed by atoms with van der Waals surface area (Å²) in [6, 6.07) is 10.3. The van der Waals surface area contributed by atoms with Crippen molar-refractivity contribution < 1.29 is 9.59 Å². The molecular weight excluding hydrogens is 262 g/mol. The van der Waals surface area contributed by atoms with Gasteiger partial charge in [-0.1, -0.05) is 36.4 Å². The van der Waals surface area contributed by atoms with E-state index in [4.69, 9.17) is 0 Å². The first kappa shape index (κ1) is 14.1. The van der Waals surface area contributed by atoms with Gasteiger partial charge in [-0.2, -0.15) is 0 Å². The van der Waals surface area contributed by atoms with Gasteiger partial charge in [0.1, 0.15) is 5.78 Å². The van der Waals surface area contributed by atoms with Crippen LogP contribution in [0.5, 0.6) is 0 Å². The molecule has 3 nitrogen and oxygen atoms in total. The molecule has 1 aromatic rings. The summed E-state index contributed by atoms with van der Waals surface area (Å²) >= 11 is 0. The third-order valence-electron chi connectivity index (χ3n) is 4.50. The first-order valence-electron chi connectivity index (χ1n) is 7.79. The summed E-state index contributed by atoms with van der Waals surface area (Å²) in [4.78, 5) is 25.9. The second kappa shape index (κ2) is 6.25.